The minimum atomic E-state index is -0.785. The second-order valence-corrected chi connectivity index (χ2v) is 4.77. The highest BCUT2D eigenvalue weighted by molar-refractivity contribution is 5.69. The topological polar surface area (TPSA) is 60.8 Å². The largest absolute Gasteiger partial charge is 0.480 e. The van der Waals surface area contributed by atoms with E-state index in [0.29, 0.717) is 0 Å². The Labute approximate surface area is 91.9 Å². The molecule has 0 aromatic heterocycles. The maximum atomic E-state index is 10.7. The van der Waals surface area contributed by atoms with Gasteiger partial charge in [0.25, 0.3) is 0 Å². The number of carbonyl (C=O) groups is 1. The molecule has 0 spiro atoms. The number of nitrogens with zero attached hydrogens (tertiary/aromatic N) is 1. The smallest absolute Gasteiger partial charge is 0.317 e. The number of unbranched alkanes of at least 4 members (excludes halogenated alkanes) is 2. The lowest BCUT2D eigenvalue weighted by atomic mass is 10.1. The van der Waals surface area contributed by atoms with Crippen LogP contribution in [0.5, 0.6) is 0 Å². The molecular formula is C11H23NO3. The second kappa shape index (κ2) is 6.80. The standard InChI is InChI=1S/C11H23NO3/c1-11(2,3)12(9-10(14)15)7-5-4-6-8-13/h13H,4-9H2,1-3H3,(H,14,15). The molecular weight excluding hydrogens is 194 g/mol. The molecule has 15 heavy (non-hydrogen) atoms. The van der Waals surface area contributed by atoms with E-state index in [1.54, 1.807) is 0 Å². The molecule has 2 N–H and O–H groups in total. The predicted octanol–water partition coefficient (Wildman–Crippen LogP) is 1.33. The van der Waals surface area contributed by atoms with Gasteiger partial charge in [0.15, 0.2) is 0 Å². The van der Waals surface area contributed by atoms with Crippen molar-refractivity contribution in [2.75, 3.05) is 19.7 Å². The maximum absolute atomic E-state index is 10.7. The molecule has 90 valence electrons. The van der Waals surface area contributed by atoms with Crippen LogP contribution in [0.3, 0.4) is 0 Å². The van der Waals surface area contributed by atoms with Gasteiger partial charge >= 0.3 is 5.97 Å². The summed E-state index contributed by atoms with van der Waals surface area (Å²) in [4.78, 5) is 12.6. The molecule has 0 rings (SSSR count). The molecule has 0 aliphatic carbocycles. The van der Waals surface area contributed by atoms with E-state index in [0.717, 1.165) is 25.8 Å². The zero-order valence-corrected chi connectivity index (χ0v) is 9.99. The Hall–Kier alpha value is -0.610. The summed E-state index contributed by atoms with van der Waals surface area (Å²) in [6, 6.07) is 0. The monoisotopic (exact) mass is 217 g/mol. The van der Waals surface area contributed by atoms with Crippen LogP contribution in [0.15, 0.2) is 0 Å². The SMILES string of the molecule is CC(C)(C)N(CCCCCO)CC(=O)O. The van der Waals surface area contributed by atoms with Gasteiger partial charge in [-0.1, -0.05) is 0 Å². The number of hydrogen-bond donors (Lipinski definition) is 2. The lowest BCUT2D eigenvalue weighted by molar-refractivity contribution is -0.139. The molecule has 4 heteroatoms. The van der Waals surface area contributed by atoms with Gasteiger partial charge in [-0.25, -0.2) is 0 Å². The van der Waals surface area contributed by atoms with E-state index in [1.165, 1.54) is 0 Å². The van der Waals surface area contributed by atoms with Gasteiger partial charge in [-0.3, -0.25) is 9.69 Å². The molecule has 0 aliphatic heterocycles. The van der Waals surface area contributed by atoms with Crippen LogP contribution in [0.2, 0.25) is 0 Å². The molecule has 0 saturated carbocycles. The first-order chi connectivity index (χ1) is 6.88. The van der Waals surface area contributed by atoms with Gasteiger partial charge in [0, 0.05) is 12.1 Å². The average molecular weight is 217 g/mol. The normalized spacial score (nSPS) is 12.1. The van der Waals surface area contributed by atoms with E-state index in [4.69, 9.17) is 10.2 Å². The molecule has 0 aromatic rings. The lowest BCUT2D eigenvalue weighted by Gasteiger charge is -2.34. The van der Waals surface area contributed by atoms with E-state index in [1.807, 2.05) is 25.7 Å². The van der Waals surface area contributed by atoms with Gasteiger partial charge in [-0.2, -0.15) is 0 Å². The van der Waals surface area contributed by atoms with Crippen molar-refractivity contribution in [3.8, 4) is 0 Å². The van der Waals surface area contributed by atoms with Crippen LogP contribution in [0.25, 0.3) is 0 Å². The van der Waals surface area contributed by atoms with Gasteiger partial charge in [-0.05, 0) is 46.6 Å². The second-order valence-electron chi connectivity index (χ2n) is 4.77. The molecule has 0 radical (unpaired) electrons. The summed E-state index contributed by atoms with van der Waals surface area (Å²) in [5, 5.41) is 17.4. The van der Waals surface area contributed by atoms with E-state index in [2.05, 4.69) is 0 Å². The molecule has 0 atom stereocenters. The van der Waals surface area contributed by atoms with Crippen molar-refractivity contribution in [1.82, 2.24) is 4.90 Å². The first-order valence-electron chi connectivity index (χ1n) is 5.45. The fourth-order valence-electron chi connectivity index (χ4n) is 1.41. The summed E-state index contributed by atoms with van der Waals surface area (Å²) in [5.74, 6) is -0.785. The summed E-state index contributed by atoms with van der Waals surface area (Å²) in [5.41, 5.74) is -0.113. The first-order valence-corrected chi connectivity index (χ1v) is 5.45. The molecule has 0 bridgehead atoms. The predicted molar refractivity (Wildman–Crippen MR) is 59.9 cm³/mol. The third-order valence-electron chi connectivity index (χ3n) is 2.36. The van der Waals surface area contributed by atoms with Crippen molar-refractivity contribution in [2.24, 2.45) is 0 Å². The lowest BCUT2D eigenvalue weighted by Crippen LogP contribution is -2.44. The number of aliphatic hydroxyl groups excluding tert-OH is 1. The molecule has 0 heterocycles. The van der Waals surface area contributed by atoms with Gasteiger partial charge in [-0.15, -0.1) is 0 Å². The molecule has 4 nitrogen and oxygen atoms in total. The Balaban J connectivity index is 3.97. The minimum Gasteiger partial charge on any atom is -0.480 e. The van der Waals surface area contributed by atoms with Crippen LogP contribution in [-0.4, -0.2) is 46.3 Å². The zero-order valence-electron chi connectivity index (χ0n) is 9.99. The van der Waals surface area contributed by atoms with Crippen LogP contribution in [0.1, 0.15) is 40.0 Å². The first kappa shape index (κ1) is 14.4. The molecule has 0 aliphatic rings. The van der Waals surface area contributed by atoms with E-state index in [9.17, 15) is 4.79 Å². The summed E-state index contributed by atoms with van der Waals surface area (Å²) < 4.78 is 0. The number of carboxylic acid groups (broad SMARTS) is 1. The zero-order chi connectivity index (χ0) is 11.9. The van der Waals surface area contributed by atoms with E-state index < -0.39 is 5.97 Å². The molecule has 0 fully saturated rings. The Morgan fingerprint density at radius 2 is 1.80 bits per heavy atom. The van der Waals surface area contributed by atoms with Gasteiger partial charge in [0.1, 0.15) is 0 Å². The van der Waals surface area contributed by atoms with E-state index in [-0.39, 0.29) is 18.7 Å². The van der Waals surface area contributed by atoms with Crippen molar-refractivity contribution >= 4 is 5.97 Å². The number of carboxylic acids is 1. The highest BCUT2D eigenvalue weighted by Crippen LogP contribution is 2.14. The minimum absolute atomic E-state index is 0.0859. The average Bonchev–Trinajstić information content (AvgIpc) is 2.08. The summed E-state index contributed by atoms with van der Waals surface area (Å²) in [6.07, 6.45) is 2.68. The third kappa shape index (κ3) is 7.33. The van der Waals surface area contributed by atoms with Gasteiger partial charge < -0.3 is 10.2 Å². The van der Waals surface area contributed by atoms with Crippen LogP contribution in [0, 0.1) is 0 Å². The fraction of sp³-hybridized carbons (Fsp3) is 0.909. The van der Waals surface area contributed by atoms with Gasteiger partial charge in [0.2, 0.25) is 0 Å². The Morgan fingerprint density at radius 1 is 1.20 bits per heavy atom. The molecule has 0 saturated heterocycles. The highest BCUT2D eigenvalue weighted by Gasteiger charge is 2.22. The number of aliphatic hydroxyl groups is 1. The Bertz CT molecular complexity index is 187. The number of hydrogen-bond acceptors (Lipinski definition) is 3. The fourth-order valence-corrected chi connectivity index (χ4v) is 1.41. The van der Waals surface area contributed by atoms with Crippen LogP contribution < -0.4 is 0 Å². The Kier molecular flexibility index (Phi) is 6.52. The van der Waals surface area contributed by atoms with Crippen molar-refractivity contribution in [3.63, 3.8) is 0 Å². The third-order valence-corrected chi connectivity index (χ3v) is 2.36. The molecule has 0 amide bonds. The maximum Gasteiger partial charge on any atom is 0.317 e. The number of rotatable bonds is 7. The summed E-state index contributed by atoms with van der Waals surface area (Å²) in [7, 11) is 0. The van der Waals surface area contributed by atoms with Crippen LogP contribution in [0.4, 0.5) is 0 Å². The van der Waals surface area contributed by atoms with Crippen molar-refractivity contribution < 1.29 is 15.0 Å². The highest BCUT2D eigenvalue weighted by atomic mass is 16.4. The summed E-state index contributed by atoms with van der Waals surface area (Å²) in [6.45, 7) is 7.12. The Morgan fingerprint density at radius 3 is 2.20 bits per heavy atom. The summed E-state index contributed by atoms with van der Waals surface area (Å²) >= 11 is 0. The molecule has 0 unspecified atom stereocenters. The van der Waals surface area contributed by atoms with Crippen molar-refractivity contribution in [2.45, 2.75) is 45.6 Å². The van der Waals surface area contributed by atoms with Crippen LogP contribution >= 0.6 is 0 Å². The van der Waals surface area contributed by atoms with Crippen molar-refractivity contribution in [1.29, 1.82) is 0 Å². The number of aliphatic carboxylic acids is 1. The van der Waals surface area contributed by atoms with Gasteiger partial charge in [0.05, 0.1) is 6.54 Å². The van der Waals surface area contributed by atoms with Crippen molar-refractivity contribution in [3.05, 3.63) is 0 Å². The molecule has 0 aromatic carbocycles. The van der Waals surface area contributed by atoms with E-state index >= 15 is 0 Å². The van der Waals surface area contributed by atoms with Crippen LogP contribution in [-0.2, 0) is 4.79 Å². The quantitative estimate of drug-likeness (QED) is 0.632.